The lowest BCUT2D eigenvalue weighted by atomic mass is 10.1. The SMILES string of the molecule is Cl.N[C@@H](CF)c1cccc(Br)c1O. The lowest BCUT2D eigenvalue weighted by molar-refractivity contribution is 0.413. The van der Waals surface area contributed by atoms with Gasteiger partial charge in [0.05, 0.1) is 10.5 Å². The highest BCUT2D eigenvalue weighted by Crippen LogP contribution is 2.30. The molecule has 1 rings (SSSR count). The minimum absolute atomic E-state index is 0. The van der Waals surface area contributed by atoms with Crippen molar-refractivity contribution in [3.05, 3.63) is 28.2 Å². The number of halogens is 3. The molecule has 1 aromatic rings. The first-order valence-electron chi connectivity index (χ1n) is 3.45. The third kappa shape index (κ3) is 2.83. The summed E-state index contributed by atoms with van der Waals surface area (Å²) in [6.45, 7) is -0.677. The first kappa shape index (κ1) is 12.7. The summed E-state index contributed by atoms with van der Waals surface area (Å²) in [4.78, 5) is 0. The van der Waals surface area contributed by atoms with Gasteiger partial charge >= 0.3 is 0 Å². The van der Waals surface area contributed by atoms with Gasteiger partial charge in [-0.25, -0.2) is 4.39 Å². The van der Waals surface area contributed by atoms with Crippen molar-refractivity contribution in [2.45, 2.75) is 6.04 Å². The van der Waals surface area contributed by atoms with Gasteiger partial charge in [0.15, 0.2) is 0 Å². The molecule has 1 atom stereocenters. The summed E-state index contributed by atoms with van der Waals surface area (Å²) in [6, 6.07) is 4.23. The third-order valence-electron chi connectivity index (χ3n) is 1.58. The van der Waals surface area contributed by atoms with Gasteiger partial charge in [0.25, 0.3) is 0 Å². The molecular formula is C8H10BrClFNO. The van der Waals surface area contributed by atoms with Crippen LogP contribution in [-0.4, -0.2) is 11.8 Å². The summed E-state index contributed by atoms with van der Waals surface area (Å²) >= 11 is 3.12. The number of rotatable bonds is 2. The molecule has 3 N–H and O–H groups in total. The Morgan fingerprint density at radius 1 is 1.54 bits per heavy atom. The van der Waals surface area contributed by atoms with E-state index in [0.29, 0.717) is 10.0 Å². The number of hydrogen-bond donors (Lipinski definition) is 2. The highest BCUT2D eigenvalue weighted by molar-refractivity contribution is 9.10. The van der Waals surface area contributed by atoms with Crippen molar-refractivity contribution in [3.63, 3.8) is 0 Å². The van der Waals surface area contributed by atoms with E-state index < -0.39 is 12.7 Å². The van der Waals surface area contributed by atoms with Crippen LogP contribution in [0.5, 0.6) is 5.75 Å². The summed E-state index contributed by atoms with van der Waals surface area (Å²) in [5.74, 6) is 0.0163. The van der Waals surface area contributed by atoms with E-state index in [4.69, 9.17) is 5.73 Å². The fourth-order valence-electron chi connectivity index (χ4n) is 0.914. The molecule has 0 aliphatic carbocycles. The monoisotopic (exact) mass is 269 g/mol. The van der Waals surface area contributed by atoms with Crippen LogP contribution in [0.4, 0.5) is 4.39 Å². The fraction of sp³-hybridized carbons (Fsp3) is 0.250. The predicted octanol–water partition coefficient (Wildman–Crippen LogP) is 2.55. The minimum Gasteiger partial charge on any atom is -0.506 e. The van der Waals surface area contributed by atoms with Crippen LogP contribution in [0.1, 0.15) is 11.6 Å². The Morgan fingerprint density at radius 3 is 2.69 bits per heavy atom. The quantitative estimate of drug-likeness (QED) is 0.867. The zero-order chi connectivity index (χ0) is 9.14. The van der Waals surface area contributed by atoms with E-state index in [1.54, 1.807) is 18.2 Å². The molecule has 0 aliphatic heterocycles. The maximum atomic E-state index is 12.1. The van der Waals surface area contributed by atoms with E-state index in [1.165, 1.54) is 0 Å². The van der Waals surface area contributed by atoms with Gasteiger partial charge in [0, 0.05) is 5.56 Å². The predicted molar refractivity (Wildman–Crippen MR) is 56.0 cm³/mol. The summed E-state index contributed by atoms with van der Waals surface area (Å²) in [5.41, 5.74) is 5.83. The van der Waals surface area contributed by atoms with E-state index in [1.807, 2.05) is 0 Å². The second-order valence-corrected chi connectivity index (χ2v) is 3.29. The van der Waals surface area contributed by atoms with Gasteiger partial charge < -0.3 is 10.8 Å². The molecule has 74 valence electrons. The average molecular weight is 271 g/mol. The topological polar surface area (TPSA) is 46.2 Å². The van der Waals surface area contributed by atoms with Crippen molar-refractivity contribution in [2.24, 2.45) is 5.73 Å². The average Bonchev–Trinajstić information content (AvgIpc) is 2.08. The molecule has 5 heteroatoms. The number of phenols is 1. The Labute approximate surface area is 90.5 Å². The van der Waals surface area contributed by atoms with Crippen LogP contribution >= 0.6 is 28.3 Å². The molecule has 0 unspecified atom stereocenters. The lowest BCUT2D eigenvalue weighted by Gasteiger charge is -2.10. The van der Waals surface area contributed by atoms with Crippen molar-refractivity contribution in [1.29, 1.82) is 0 Å². The Kier molecular flexibility index (Phi) is 5.29. The maximum Gasteiger partial charge on any atom is 0.134 e. The highest BCUT2D eigenvalue weighted by atomic mass is 79.9. The van der Waals surface area contributed by atoms with E-state index in [9.17, 15) is 9.50 Å². The van der Waals surface area contributed by atoms with Crippen LogP contribution < -0.4 is 5.73 Å². The molecule has 0 spiro atoms. The summed E-state index contributed by atoms with van der Waals surface area (Å²) in [6.07, 6.45) is 0. The molecule has 0 heterocycles. The molecule has 0 aromatic heterocycles. The molecule has 0 fully saturated rings. The van der Waals surface area contributed by atoms with Crippen LogP contribution in [0.2, 0.25) is 0 Å². The molecule has 0 radical (unpaired) electrons. The maximum absolute atomic E-state index is 12.1. The van der Waals surface area contributed by atoms with Crippen LogP contribution in [0, 0.1) is 0 Å². The molecule has 0 amide bonds. The van der Waals surface area contributed by atoms with Gasteiger partial charge in [0.1, 0.15) is 12.4 Å². The Hall–Kier alpha value is -0.320. The van der Waals surface area contributed by atoms with Crippen molar-refractivity contribution >= 4 is 28.3 Å². The second-order valence-electron chi connectivity index (χ2n) is 2.44. The van der Waals surface area contributed by atoms with Gasteiger partial charge in [-0.3, -0.25) is 0 Å². The zero-order valence-electron chi connectivity index (χ0n) is 6.71. The van der Waals surface area contributed by atoms with Gasteiger partial charge in [-0.15, -0.1) is 12.4 Å². The normalized spacial score (nSPS) is 11.9. The summed E-state index contributed by atoms with van der Waals surface area (Å²) in [7, 11) is 0. The van der Waals surface area contributed by atoms with Crippen molar-refractivity contribution in [2.75, 3.05) is 6.67 Å². The smallest absolute Gasteiger partial charge is 0.134 e. The van der Waals surface area contributed by atoms with E-state index in [0.717, 1.165) is 0 Å². The van der Waals surface area contributed by atoms with Crippen LogP contribution in [0.15, 0.2) is 22.7 Å². The van der Waals surface area contributed by atoms with Crippen molar-refractivity contribution in [3.8, 4) is 5.75 Å². The lowest BCUT2D eigenvalue weighted by Crippen LogP contribution is -2.12. The molecule has 1 aromatic carbocycles. The number of nitrogens with two attached hydrogens (primary N) is 1. The molecular weight excluding hydrogens is 260 g/mol. The largest absolute Gasteiger partial charge is 0.506 e. The first-order chi connectivity index (χ1) is 5.66. The van der Waals surface area contributed by atoms with E-state index in [-0.39, 0.29) is 18.2 Å². The zero-order valence-corrected chi connectivity index (χ0v) is 9.11. The number of aromatic hydroxyl groups is 1. The first-order valence-corrected chi connectivity index (χ1v) is 4.25. The number of benzene rings is 1. The number of hydrogen-bond acceptors (Lipinski definition) is 2. The van der Waals surface area contributed by atoms with Crippen LogP contribution in [0.3, 0.4) is 0 Å². The van der Waals surface area contributed by atoms with Gasteiger partial charge in [-0.2, -0.15) is 0 Å². The van der Waals surface area contributed by atoms with Gasteiger partial charge in [0.2, 0.25) is 0 Å². The molecule has 13 heavy (non-hydrogen) atoms. The molecule has 2 nitrogen and oxygen atoms in total. The molecule has 0 aliphatic rings. The Balaban J connectivity index is 0.00000144. The van der Waals surface area contributed by atoms with Crippen LogP contribution in [-0.2, 0) is 0 Å². The minimum atomic E-state index is -0.748. The Bertz CT molecular complexity index is 285. The molecule has 0 saturated heterocycles. The summed E-state index contributed by atoms with van der Waals surface area (Å²) in [5, 5.41) is 9.41. The Morgan fingerprint density at radius 2 is 2.15 bits per heavy atom. The number of phenolic OH excluding ortho intramolecular Hbond substituents is 1. The standard InChI is InChI=1S/C8H9BrFNO.ClH/c9-6-3-1-2-5(8(6)12)7(11)4-10;/h1-3,7,12H,4,11H2;1H/t7-;/m0./s1. The van der Waals surface area contributed by atoms with E-state index >= 15 is 0 Å². The van der Waals surface area contributed by atoms with Gasteiger partial charge in [-0.05, 0) is 22.0 Å². The fourth-order valence-corrected chi connectivity index (χ4v) is 1.30. The summed E-state index contributed by atoms with van der Waals surface area (Å²) < 4.78 is 12.7. The second kappa shape index (κ2) is 5.42. The molecule has 0 bridgehead atoms. The number of para-hydroxylation sites is 1. The molecule has 0 saturated carbocycles. The van der Waals surface area contributed by atoms with Crippen LogP contribution in [0.25, 0.3) is 0 Å². The highest BCUT2D eigenvalue weighted by Gasteiger charge is 2.11. The van der Waals surface area contributed by atoms with Gasteiger partial charge in [-0.1, -0.05) is 12.1 Å². The number of alkyl halides is 1. The third-order valence-corrected chi connectivity index (χ3v) is 2.22. The van der Waals surface area contributed by atoms with E-state index in [2.05, 4.69) is 15.9 Å². The van der Waals surface area contributed by atoms with Crippen molar-refractivity contribution < 1.29 is 9.50 Å². The van der Waals surface area contributed by atoms with Crippen molar-refractivity contribution in [1.82, 2.24) is 0 Å².